The van der Waals surface area contributed by atoms with E-state index in [-0.39, 0.29) is 74.8 Å². The normalized spacial score (nSPS) is 38.9. The topological polar surface area (TPSA) is 243 Å². The highest BCUT2D eigenvalue weighted by molar-refractivity contribution is 6.05. The fraction of sp³-hybridized carbons (Fsp3) is 0.884. The molecule has 0 saturated carbocycles. The van der Waals surface area contributed by atoms with Crippen LogP contribution in [-0.4, -0.2) is 310 Å². The van der Waals surface area contributed by atoms with Gasteiger partial charge < -0.3 is 63.2 Å². The van der Waals surface area contributed by atoms with E-state index in [0.717, 1.165) is 64.6 Å². The lowest BCUT2D eigenvalue weighted by atomic mass is 9.69. The maximum atomic E-state index is 16.4. The summed E-state index contributed by atoms with van der Waals surface area (Å²) in [4.78, 5) is 86.3. The van der Waals surface area contributed by atoms with Crippen molar-refractivity contribution in [1.82, 2.24) is 49.6 Å². The Balaban J connectivity index is 1.29. The molecule has 3 N–H and O–H groups in total. The third-order valence-electron chi connectivity index (χ3n) is 21.9. The number of hydrogen-bond donors (Lipinski definition) is 3. The molecule has 0 spiro atoms. The van der Waals surface area contributed by atoms with E-state index in [9.17, 15) is 15.0 Å². The number of aliphatic hydroxyl groups is 2. The number of nitrogens with zero attached hydrogens (tertiary/aromatic N) is 9. The molecule has 0 radical (unpaired) electrons. The molecule has 0 unspecified atom stereocenters. The number of carbonyl (C=O) groups is 4. The predicted octanol–water partition coefficient (Wildman–Crippen LogP) is 3.68. The number of esters is 2. The third-order valence-corrected chi connectivity index (χ3v) is 21.9. The zero-order chi connectivity index (χ0) is 68.5. The van der Waals surface area contributed by atoms with Crippen molar-refractivity contribution in [2.45, 2.75) is 219 Å². The van der Waals surface area contributed by atoms with Gasteiger partial charge in [0, 0.05) is 129 Å². The lowest BCUT2D eigenvalue weighted by Gasteiger charge is -2.47. The highest BCUT2D eigenvalue weighted by Crippen LogP contribution is 2.43. The van der Waals surface area contributed by atoms with E-state index in [2.05, 4.69) is 67.6 Å². The van der Waals surface area contributed by atoms with Crippen molar-refractivity contribution < 1.29 is 67.3 Å². The largest absolute Gasteiger partial charge is 0.463 e. The summed E-state index contributed by atoms with van der Waals surface area (Å²) in [6.45, 7) is 32.1. The van der Waals surface area contributed by atoms with Crippen molar-refractivity contribution in [2.75, 3.05) is 141 Å². The number of rotatable bonds is 18. The van der Waals surface area contributed by atoms with E-state index in [4.69, 9.17) is 37.9 Å². The fourth-order valence-corrected chi connectivity index (χ4v) is 15.7. The highest BCUT2D eigenvalue weighted by Gasteiger charge is 2.56. The lowest BCUT2D eigenvalue weighted by Crippen LogP contribution is -2.60. The van der Waals surface area contributed by atoms with Crippen molar-refractivity contribution in [2.24, 2.45) is 34.5 Å². The molecule has 93 heavy (non-hydrogen) atoms. The van der Waals surface area contributed by atoms with Gasteiger partial charge in [0.2, 0.25) is 0 Å². The molecular formula is C69H122N10O14. The van der Waals surface area contributed by atoms with Crippen LogP contribution in [0.4, 0.5) is 0 Å². The number of piperazine rings is 2. The van der Waals surface area contributed by atoms with Crippen molar-refractivity contribution in [3.05, 3.63) is 24.3 Å². The van der Waals surface area contributed by atoms with E-state index in [1.54, 1.807) is 61.4 Å². The van der Waals surface area contributed by atoms with Crippen LogP contribution < -0.4 is 5.32 Å². The number of carbonyl (C=O) groups excluding carboxylic acids is 4. The Morgan fingerprint density at radius 1 is 0.699 bits per heavy atom. The first-order chi connectivity index (χ1) is 43.7. The monoisotopic (exact) mass is 1310 g/mol. The molecule has 24 nitrogen and oxygen atoms in total. The summed E-state index contributed by atoms with van der Waals surface area (Å²) >= 11 is 0. The Kier molecular flexibility index (Phi) is 27.8. The minimum Gasteiger partial charge on any atom is -0.463 e. The smallest absolute Gasteiger partial charge is 0.319 e. The van der Waals surface area contributed by atoms with Crippen molar-refractivity contribution in [1.29, 1.82) is 0 Å². The summed E-state index contributed by atoms with van der Waals surface area (Å²) in [7, 11) is 12.9. The quantitative estimate of drug-likeness (QED) is 0.140. The average Bonchev–Trinajstić information content (AvgIpc) is 1.49. The molecule has 0 aromatic carbocycles. The molecule has 6 fully saturated rings. The van der Waals surface area contributed by atoms with Crippen LogP contribution in [0.15, 0.2) is 18.6 Å². The number of methoxy groups -OCH3 is 2. The number of cyclic esters (lactones) is 2. The van der Waals surface area contributed by atoms with Gasteiger partial charge in [-0.2, -0.15) is 0 Å². The summed E-state index contributed by atoms with van der Waals surface area (Å²) in [5, 5.41) is 27.9. The van der Waals surface area contributed by atoms with Gasteiger partial charge in [-0.25, -0.2) is 9.97 Å². The number of likely N-dealkylation sites (N-methyl/N-ethyl adjacent to an activating group) is 3. The second-order valence-electron chi connectivity index (χ2n) is 30.6. The Bertz CT molecular complexity index is 2530. The SMILES string of the molecule is CO[C@]1(C)C[C@@H](CC[C@@]2(C)C(=O)OC[C@@H](CN3CCN(Cc4ccncn4)CC3)N(C)C[C@H](C)C[C@@](C)(OC)[C@H](O[C@@H]3O[C@H](C)C[C@H](N(C)C)[C@H]3O)[C@@H](C)C2=O)CN[C@@H](CN2CCN(C(C)C)CC2)COC(=O)C(C)(C)C(=O)[C@H](C)[C@H]1O[C@@H]1O[C@H](C)C[C@H](N(C)C)[C@H]1O. The number of ether oxygens (including phenoxy) is 8. The van der Waals surface area contributed by atoms with Gasteiger partial charge in [0.05, 0.1) is 53.4 Å². The summed E-state index contributed by atoms with van der Waals surface area (Å²) < 4.78 is 53.1. The van der Waals surface area contributed by atoms with Crippen LogP contribution in [0.25, 0.3) is 0 Å². The third kappa shape index (κ3) is 19.3. The molecule has 0 amide bonds. The second kappa shape index (κ2) is 33.5. The maximum absolute atomic E-state index is 16.4. The zero-order valence-electron chi connectivity index (χ0n) is 60.2. The van der Waals surface area contributed by atoms with E-state index in [1.807, 2.05) is 71.8 Å². The number of aliphatic hydroxyl groups excluding tert-OH is 2. The van der Waals surface area contributed by atoms with Gasteiger partial charge in [0.1, 0.15) is 42.6 Å². The van der Waals surface area contributed by atoms with E-state index in [0.29, 0.717) is 51.5 Å². The second-order valence-corrected chi connectivity index (χ2v) is 30.6. The van der Waals surface area contributed by atoms with Crippen LogP contribution in [0, 0.1) is 34.5 Å². The fourth-order valence-electron chi connectivity index (χ4n) is 15.7. The molecule has 1 aromatic heterocycles. The maximum Gasteiger partial charge on any atom is 0.319 e. The molecule has 1 aromatic rings. The zero-order valence-corrected chi connectivity index (χ0v) is 60.2. The first-order valence-corrected chi connectivity index (χ1v) is 34.7. The van der Waals surface area contributed by atoms with Crippen molar-refractivity contribution in [3.8, 4) is 0 Å². The highest BCUT2D eigenvalue weighted by atomic mass is 16.7. The Hall–Kier alpha value is -3.28. The summed E-state index contributed by atoms with van der Waals surface area (Å²) in [6, 6.07) is 1.06. The Labute approximate surface area is 557 Å². The molecule has 0 aliphatic carbocycles. The van der Waals surface area contributed by atoms with Crippen LogP contribution in [0.1, 0.15) is 127 Å². The van der Waals surface area contributed by atoms with Crippen molar-refractivity contribution >= 4 is 23.5 Å². The van der Waals surface area contributed by atoms with E-state index >= 15 is 14.4 Å². The van der Waals surface area contributed by atoms with Crippen LogP contribution in [-0.2, 0) is 63.6 Å². The van der Waals surface area contributed by atoms with Crippen molar-refractivity contribution in [3.63, 3.8) is 0 Å². The van der Waals surface area contributed by atoms with Gasteiger partial charge in [-0.05, 0) is 161 Å². The Morgan fingerprint density at radius 3 is 1.74 bits per heavy atom. The molecule has 7 heterocycles. The van der Waals surface area contributed by atoms with E-state index < -0.39 is 100 Å². The Morgan fingerprint density at radius 2 is 1.22 bits per heavy atom. The van der Waals surface area contributed by atoms with Gasteiger partial charge >= 0.3 is 11.9 Å². The minimum absolute atomic E-state index is 0.0123. The van der Waals surface area contributed by atoms with E-state index in [1.165, 1.54) is 0 Å². The van der Waals surface area contributed by atoms with Gasteiger partial charge in [0.25, 0.3) is 0 Å². The molecule has 6 aliphatic heterocycles. The first kappa shape index (κ1) is 77.1. The van der Waals surface area contributed by atoms with Gasteiger partial charge in [0.15, 0.2) is 24.1 Å². The van der Waals surface area contributed by atoms with Gasteiger partial charge in [-0.15, -0.1) is 0 Å². The molecule has 532 valence electrons. The average molecular weight is 1320 g/mol. The van der Waals surface area contributed by atoms with Crippen LogP contribution in [0.2, 0.25) is 0 Å². The summed E-state index contributed by atoms with van der Waals surface area (Å²) in [5.41, 5.74) is -4.92. The number of nitrogens with one attached hydrogen (secondary N) is 1. The number of ketones is 2. The molecule has 6 saturated heterocycles. The number of hydrogen-bond acceptors (Lipinski definition) is 24. The van der Waals surface area contributed by atoms with Crippen LogP contribution in [0.5, 0.6) is 0 Å². The molecule has 0 bridgehead atoms. The summed E-state index contributed by atoms with van der Waals surface area (Å²) in [6.07, 6.45) is -1.82. The standard InChI is InChI=1S/C69H122N10O14/c1-44(2)79-30-28-77(29-31-79)39-52-41-88-64(84)66(8,9)58(82)48(6)60(92-62-56(80)54(73(13)14)32-46(4)90-62)69(12,87-19)35-50(36-71-52)20-22-67(10)59(83)49(7)61(93-63-57(81)55(74(15)16)33-47(5)91-63)68(11,86-18)34-45(3)37-75(17)53(42-89-65(67)85)40-78-26-24-76(25-27-78)38-51-21-23-70-43-72-51/h21,23,43-50,52-57,60-63,71,80-81H,20,22,24-42H2,1-19H3/t45-,46-,47-,48+,49+,50-,52+,53-,54+,55+,56-,57-,60-,61-,62+,63+,67-,68-,69-/m1/s1. The molecule has 19 atom stereocenters. The van der Waals surface area contributed by atoms with Gasteiger partial charge in [-0.1, -0.05) is 20.8 Å². The van der Waals surface area contributed by atoms with Crippen LogP contribution in [0.3, 0.4) is 0 Å². The lowest BCUT2D eigenvalue weighted by molar-refractivity contribution is -0.296. The van der Waals surface area contributed by atoms with Gasteiger partial charge in [-0.3, -0.25) is 43.7 Å². The molecule has 7 rings (SSSR count). The van der Waals surface area contributed by atoms with Crippen LogP contribution >= 0.6 is 0 Å². The molecule has 6 aliphatic rings. The molecule has 24 heteroatoms. The number of Topliss-reactive ketones (excluding diaryl/α,β-unsaturated/α-hetero) is 2. The summed E-state index contributed by atoms with van der Waals surface area (Å²) in [5.74, 6) is -4.61. The number of aromatic nitrogens is 2. The predicted molar refractivity (Wildman–Crippen MR) is 354 cm³/mol. The first-order valence-electron chi connectivity index (χ1n) is 34.7. The minimum atomic E-state index is -1.80. The molecular weight excluding hydrogens is 1190 g/mol.